The number of hydrogen-bond acceptors (Lipinski definition) is 2. The Bertz CT molecular complexity index is 394. The van der Waals surface area contributed by atoms with Crippen LogP contribution in [0.5, 0.6) is 0 Å². The summed E-state index contributed by atoms with van der Waals surface area (Å²) in [5.74, 6) is -0.518. The second-order valence-electron chi connectivity index (χ2n) is 4.46. The van der Waals surface area contributed by atoms with Gasteiger partial charge < -0.3 is 10.6 Å². The van der Waals surface area contributed by atoms with Gasteiger partial charge in [-0.2, -0.15) is 0 Å². The number of carbonyl (C=O) groups is 1. The number of nitrogens with one attached hydrogen (secondary N) is 2. The van der Waals surface area contributed by atoms with Gasteiger partial charge in [0.15, 0.2) is 0 Å². The molecule has 0 radical (unpaired) electrons. The summed E-state index contributed by atoms with van der Waals surface area (Å²) in [4.78, 5) is 12.0. The van der Waals surface area contributed by atoms with Gasteiger partial charge in [0, 0.05) is 6.54 Å². The van der Waals surface area contributed by atoms with Crippen LogP contribution in [0.1, 0.15) is 18.4 Å². The maximum Gasteiger partial charge on any atom is 0.228 e. The second kappa shape index (κ2) is 5.27. The highest BCUT2D eigenvalue weighted by atomic mass is 19.1. The molecule has 2 rings (SSSR count). The summed E-state index contributed by atoms with van der Waals surface area (Å²) < 4.78 is 13.5. The Hall–Kier alpha value is -1.42. The minimum Gasteiger partial charge on any atom is -0.323 e. The van der Waals surface area contributed by atoms with Crippen LogP contribution in [0, 0.1) is 18.7 Å². The first-order chi connectivity index (χ1) is 8.18. The van der Waals surface area contributed by atoms with Crippen LogP contribution in [-0.4, -0.2) is 19.0 Å². The van der Waals surface area contributed by atoms with Crippen LogP contribution >= 0.6 is 0 Å². The van der Waals surface area contributed by atoms with E-state index in [9.17, 15) is 9.18 Å². The molecule has 1 aromatic rings. The lowest BCUT2D eigenvalue weighted by Crippen LogP contribution is -2.37. The first-order valence-corrected chi connectivity index (χ1v) is 5.95. The Morgan fingerprint density at radius 3 is 3.00 bits per heavy atom. The molecule has 0 saturated carbocycles. The molecule has 3 nitrogen and oxygen atoms in total. The maximum atomic E-state index is 13.5. The Morgan fingerprint density at radius 2 is 2.35 bits per heavy atom. The lowest BCUT2D eigenvalue weighted by Gasteiger charge is -2.22. The van der Waals surface area contributed by atoms with Crippen LogP contribution in [0.25, 0.3) is 0 Å². The van der Waals surface area contributed by atoms with Crippen molar-refractivity contribution in [3.63, 3.8) is 0 Å². The van der Waals surface area contributed by atoms with Crippen molar-refractivity contribution < 1.29 is 9.18 Å². The van der Waals surface area contributed by atoms with Gasteiger partial charge in [-0.3, -0.25) is 4.79 Å². The average Bonchev–Trinajstić information content (AvgIpc) is 2.35. The summed E-state index contributed by atoms with van der Waals surface area (Å²) in [6.07, 6.45) is 1.86. The highest BCUT2D eigenvalue weighted by molar-refractivity contribution is 5.93. The molecule has 1 saturated heterocycles. The van der Waals surface area contributed by atoms with E-state index in [0.29, 0.717) is 12.2 Å². The summed E-state index contributed by atoms with van der Waals surface area (Å²) in [6.45, 7) is 3.43. The largest absolute Gasteiger partial charge is 0.323 e. The van der Waals surface area contributed by atoms with Crippen molar-refractivity contribution in [2.24, 2.45) is 5.92 Å². The molecule has 92 valence electrons. The van der Waals surface area contributed by atoms with Crippen molar-refractivity contribution in [2.45, 2.75) is 19.8 Å². The topological polar surface area (TPSA) is 41.1 Å². The summed E-state index contributed by atoms with van der Waals surface area (Å²) in [6, 6.07) is 4.79. The Morgan fingerprint density at radius 1 is 1.53 bits per heavy atom. The summed E-state index contributed by atoms with van der Waals surface area (Å²) in [7, 11) is 0. The number of amides is 1. The lowest BCUT2D eigenvalue weighted by molar-refractivity contribution is -0.120. The number of piperidine rings is 1. The van der Waals surface area contributed by atoms with Gasteiger partial charge >= 0.3 is 0 Å². The van der Waals surface area contributed by atoms with Crippen LogP contribution in [0.3, 0.4) is 0 Å². The summed E-state index contributed by atoms with van der Waals surface area (Å²) in [5, 5.41) is 5.87. The van der Waals surface area contributed by atoms with Crippen molar-refractivity contribution in [3.05, 3.63) is 29.6 Å². The minimum atomic E-state index is -0.373. The zero-order valence-corrected chi connectivity index (χ0v) is 9.92. The third-order valence-electron chi connectivity index (χ3n) is 3.14. The molecular weight excluding hydrogens is 219 g/mol. The van der Waals surface area contributed by atoms with Crippen LogP contribution in [0.15, 0.2) is 18.2 Å². The number of benzene rings is 1. The number of rotatable bonds is 2. The molecule has 1 amide bonds. The molecule has 0 bridgehead atoms. The smallest absolute Gasteiger partial charge is 0.228 e. The Labute approximate surface area is 100 Å². The molecule has 1 unspecified atom stereocenters. The lowest BCUT2D eigenvalue weighted by atomic mass is 9.98. The third-order valence-corrected chi connectivity index (χ3v) is 3.14. The highest BCUT2D eigenvalue weighted by Gasteiger charge is 2.22. The molecule has 1 aliphatic rings. The number of para-hydroxylation sites is 1. The molecule has 1 fully saturated rings. The molecule has 0 spiro atoms. The van der Waals surface area contributed by atoms with E-state index in [1.54, 1.807) is 19.1 Å². The van der Waals surface area contributed by atoms with Gasteiger partial charge in [-0.05, 0) is 37.9 Å². The maximum absolute atomic E-state index is 13.5. The zero-order chi connectivity index (χ0) is 12.3. The SMILES string of the molecule is Cc1cccc(F)c1NC(=O)C1CCCNC1. The number of anilines is 1. The molecule has 1 atom stereocenters. The van der Waals surface area contributed by atoms with Crippen LogP contribution in [0.2, 0.25) is 0 Å². The van der Waals surface area contributed by atoms with Crippen molar-refractivity contribution in [2.75, 3.05) is 18.4 Å². The van der Waals surface area contributed by atoms with Gasteiger partial charge in [0.1, 0.15) is 5.82 Å². The van der Waals surface area contributed by atoms with Crippen molar-refractivity contribution in [3.8, 4) is 0 Å². The fourth-order valence-corrected chi connectivity index (χ4v) is 2.09. The van der Waals surface area contributed by atoms with Crippen LogP contribution in [0.4, 0.5) is 10.1 Å². The number of halogens is 1. The quantitative estimate of drug-likeness (QED) is 0.825. The van der Waals surface area contributed by atoms with Crippen molar-refractivity contribution in [1.29, 1.82) is 0 Å². The first kappa shape index (κ1) is 12.0. The standard InChI is InChI=1S/C13H17FN2O/c1-9-4-2-6-11(14)12(9)16-13(17)10-5-3-7-15-8-10/h2,4,6,10,15H,3,5,7-8H2,1H3,(H,16,17). The van der Waals surface area contributed by atoms with Gasteiger partial charge in [0.05, 0.1) is 11.6 Å². The molecule has 0 aliphatic carbocycles. The van der Waals surface area contributed by atoms with Gasteiger partial charge in [0.2, 0.25) is 5.91 Å². The Balaban J connectivity index is 2.07. The third kappa shape index (κ3) is 2.82. The molecule has 17 heavy (non-hydrogen) atoms. The van der Waals surface area contributed by atoms with Crippen LogP contribution < -0.4 is 10.6 Å². The minimum absolute atomic E-state index is 0.0530. The van der Waals surface area contributed by atoms with E-state index < -0.39 is 0 Å². The monoisotopic (exact) mass is 236 g/mol. The predicted molar refractivity (Wildman–Crippen MR) is 65.4 cm³/mol. The van der Waals surface area contributed by atoms with E-state index in [1.165, 1.54) is 6.07 Å². The Kier molecular flexibility index (Phi) is 3.74. The first-order valence-electron chi connectivity index (χ1n) is 5.95. The van der Waals surface area contributed by atoms with Gasteiger partial charge in [-0.1, -0.05) is 12.1 Å². The summed E-state index contributed by atoms with van der Waals surface area (Å²) in [5.41, 5.74) is 1.06. The van der Waals surface area contributed by atoms with Gasteiger partial charge in [0.25, 0.3) is 0 Å². The van der Waals surface area contributed by atoms with Crippen LogP contribution in [-0.2, 0) is 4.79 Å². The van der Waals surface area contributed by atoms with E-state index in [1.807, 2.05) is 0 Å². The van der Waals surface area contributed by atoms with Gasteiger partial charge in [-0.25, -0.2) is 4.39 Å². The second-order valence-corrected chi connectivity index (χ2v) is 4.46. The molecule has 4 heteroatoms. The zero-order valence-electron chi connectivity index (χ0n) is 9.92. The van der Waals surface area contributed by atoms with Crippen molar-refractivity contribution >= 4 is 11.6 Å². The predicted octanol–water partition coefficient (Wildman–Crippen LogP) is 2.07. The molecule has 1 heterocycles. The number of carbonyl (C=O) groups excluding carboxylic acids is 1. The molecule has 1 aromatic carbocycles. The van der Waals surface area contributed by atoms with E-state index in [2.05, 4.69) is 10.6 Å². The van der Waals surface area contributed by atoms with E-state index in [0.717, 1.165) is 24.9 Å². The van der Waals surface area contributed by atoms with E-state index in [-0.39, 0.29) is 17.6 Å². The fraction of sp³-hybridized carbons (Fsp3) is 0.462. The number of aryl methyl sites for hydroxylation is 1. The fourth-order valence-electron chi connectivity index (χ4n) is 2.09. The summed E-state index contributed by atoms with van der Waals surface area (Å²) >= 11 is 0. The van der Waals surface area contributed by atoms with E-state index >= 15 is 0 Å². The van der Waals surface area contributed by atoms with Gasteiger partial charge in [-0.15, -0.1) is 0 Å². The van der Waals surface area contributed by atoms with Crippen molar-refractivity contribution in [1.82, 2.24) is 5.32 Å². The molecule has 1 aliphatic heterocycles. The van der Waals surface area contributed by atoms with E-state index in [4.69, 9.17) is 0 Å². The highest BCUT2D eigenvalue weighted by Crippen LogP contribution is 2.20. The normalized spacial score (nSPS) is 20.0. The average molecular weight is 236 g/mol. The number of hydrogen-bond donors (Lipinski definition) is 2. The molecular formula is C13H17FN2O. The molecule has 0 aromatic heterocycles. The molecule has 2 N–H and O–H groups in total.